The number of benzene rings is 1. The van der Waals surface area contributed by atoms with Gasteiger partial charge in [-0.15, -0.1) is 0 Å². The first-order valence-electron chi connectivity index (χ1n) is 4.64. The Morgan fingerprint density at radius 1 is 1.21 bits per heavy atom. The number of rotatable bonds is 2. The van der Waals surface area contributed by atoms with Crippen LogP contribution in [0.2, 0.25) is 0 Å². The third-order valence-corrected chi connectivity index (χ3v) is 2.12. The largest absolute Gasteiger partial charge is 0.423 e. The zero-order valence-corrected chi connectivity index (χ0v) is 8.87. The highest BCUT2D eigenvalue weighted by atomic mass is 16.5. The van der Waals surface area contributed by atoms with Crippen molar-refractivity contribution in [1.82, 2.24) is 0 Å². The molecule has 2 heteroatoms. The molecule has 0 aromatic heterocycles. The summed E-state index contributed by atoms with van der Waals surface area (Å²) in [6, 6.07) is 8.15. The quantitative estimate of drug-likeness (QED) is 0.670. The Kier molecular flexibility index (Phi) is 3.14. The minimum absolute atomic E-state index is 0.175. The summed E-state index contributed by atoms with van der Waals surface area (Å²) < 4.78 is 4.65. The predicted molar refractivity (Wildman–Crippen MR) is 55.5 cm³/mol. The molecule has 1 aromatic rings. The average molecular weight is 189 g/mol. The summed E-state index contributed by atoms with van der Waals surface area (Å²) in [7, 11) is 0. The van der Waals surface area contributed by atoms with Crippen LogP contribution in [0.4, 0.5) is 0 Å². The van der Waals surface area contributed by atoms with Crippen molar-refractivity contribution in [2.24, 2.45) is 0 Å². The molecule has 0 heterocycles. The van der Waals surface area contributed by atoms with Crippen LogP contribution >= 0.6 is 0 Å². The van der Waals surface area contributed by atoms with Crippen LogP contribution in [-0.4, -0.2) is 0 Å². The van der Waals surface area contributed by atoms with Gasteiger partial charge in [-0.05, 0) is 16.5 Å². The highest BCUT2D eigenvalue weighted by Gasteiger charge is 2.12. The Morgan fingerprint density at radius 3 is 2.21 bits per heavy atom. The van der Waals surface area contributed by atoms with Crippen LogP contribution in [0.3, 0.4) is 0 Å². The molecule has 0 radical (unpaired) electrons. The van der Waals surface area contributed by atoms with E-state index in [0.717, 1.165) is 5.56 Å². The molecule has 74 valence electrons. The van der Waals surface area contributed by atoms with E-state index >= 15 is 0 Å². The molecule has 1 aromatic carbocycles. The fraction of sp³-hybridized carbons (Fsp3) is 0.417. The molecular weight excluding hydrogens is 174 g/mol. The van der Waals surface area contributed by atoms with E-state index in [2.05, 4.69) is 37.6 Å². The van der Waals surface area contributed by atoms with Gasteiger partial charge in [0.2, 0.25) is 0 Å². The predicted octanol–water partition coefficient (Wildman–Crippen LogP) is 2.98. The van der Waals surface area contributed by atoms with Gasteiger partial charge in [-0.25, -0.2) is 0 Å². The fourth-order valence-electron chi connectivity index (χ4n) is 1.22. The Bertz CT molecular complexity index is 327. The summed E-state index contributed by atoms with van der Waals surface area (Å²) >= 11 is 0. The molecule has 2 nitrogen and oxygen atoms in total. The van der Waals surface area contributed by atoms with Gasteiger partial charge in [-0.3, -0.25) is 0 Å². The van der Waals surface area contributed by atoms with E-state index in [4.69, 9.17) is 5.26 Å². The van der Waals surface area contributed by atoms with E-state index in [9.17, 15) is 0 Å². The molecule has 0 aliphatic heterocycles. The summed E-state index contributed by atoms with van der Waals surface area (Å²) in [6.07, 6.45) is 1.66. The molecule has 0 N–H and O–H groups in total. The lowest BCUT2D eigenvalue weighted by atomic mass is 9.87. The van der Waals surface area contributed by atoms with Gasteiger partial charge in [0.05, 0.1) is 0 Å². The Morgan fingerprint density at radius 2 is 1.79 bits per heavy atom. The van der Waals surface area contributed by atoms with Crippen molar-refractivity contribution in [3.63, 3.8) is 0 Å². The van der Waals surface area contributed by atoms with Crippen LogP contribution in [0, 0.1) is 11.5 Å². The highest BCUT2D eigenvalue weighted by Crippen LogP contribution is 2.22. The van der Waals surface area contributed by atoms with E-state index in [-0.39, 0.29) is 5.41 Å². The first kappa shape index (κ1) is 10.6. The van der Waals surface area contributed by atoms with Gasteiger partial charge in [0.1, 0.15) is 6.61 Å². The Balaban J connectivity index is 2.75. The van der Waals surface area contributed by atoms with E-state index in [0.29, 0.717) is 6.61 Å². The number of nitriles is 1. The summed E-state index contributed by atoms with van der Waals surface area (Å²) in [5.74, 6) is 0. The zero-order valence-electron chi connectivity index (χ0n) is 8.87. The maximum atomic E-state index is 8.24. The minimum atomic E-state index is 0.175. The van der Waals surface area contributed by atoms with Gasteiger partial charge >= 0.3 is 0 Å². The Hall–Kier alpha value is -1.49. The molecule has 0 saturated carbocycles. The molecule has 0 saturated heterocycles. The second-order valence-corrected chi connectivity index (χ2v) is 4.33. The van der Waals surface area contributed by atoms with Gasteiger partial charge < -0.3 is 4.74 Å². The van der Waals surface area contributed by atoms with Gasteiger partial charge in [-0.2, -0.15) is 5.26 Å². The summed E-state index contributed by atoms with van der Waals surface area (Å²) in [6.45, 7) is 6.89. The van der Waals surface area contributed by atoms with E-state index in [1.54, 1.807) is 6.26 Å². The van der Waals surface area contributed by atoms with Crippen molar-refractivity contribution in [2.45, 2.75) is 32.8 Å². The molecule has 0 atom stereocenters. The average Bonchev–Trinajstić information content (AvgIpc) is 2.14. The molecule has 14 heavy (non-hydrogen) atoms. The number of hydrogen-bond donors (Lipinski definition) is 0. The normalized spacial score (nSPS) is 10.7. The van der Waals surface area contributed by atoms with Crippen molar-refractivity contribution in [3.8, 4) is 6.26 Å². The first-order chi connectivity index (χ1) is 6.54. The molecule has 0 spiro atoms. The number of ether oxygens (including phenoxy) is 1. The molecule has 1 rings (SSSR count). The topological polar surface area (TPSA) is 33.0 Å². The van der Waals surface area contributed by atoms with Crippen LogP contribution < -0.4 is 0 Å². The van der Waals surface area contributed by atoms with Crippen molar-refractivity contribution >= 4 is 0 Å². The van der Waals surface area contributed by atoms with Crippen LogP contribution in [0.25, 0.3) is 0 Å². The van der Waals surface area contributed by atoms with Crippen LogP contribution in [0.1, 0.15) is 31.9 Å². The molecule has 0 fully saturated rings. The fourth-order valence-corrected chi connectivity index (χ4v) is 1.22. The van der Waals surface area contributed by atoms with Crippen molar-refractivity contribution in [1.29, 1.82) is 5.26 Å². The van der Waals surface area contributed by atoms with Crippen LogP contribution in [0.5, 0.6) is 0 Å². The molecule has 0 aliphatic carbocycles. The van der Waals surface area contributed by atoms with Gasteiger partial charge in [0.25, 0.3) is 6.26 Å². The SMILES string of the molecule is CC(C)(C)c1ccc(COC#N)cc1. The lowest BCUT2D eigenvalue weighted by molar-refractivity contribution is 0.257. The Labute approximate surface area is 85.1 Å². The van der Waals surface area contributed by atoms with Crippen LogP contribution in [-0.2, 0) is 16.8 Å². The molecule has 0 amide bonds. The van der Waals surface area contributed by atoms with Crippen molar-refractivity contribution in [3.05, 3.63) is 35.4 Å². The second kappa shape index (κ2) is 4.15. The minimum Gasteiger partial charge on any atom is -0.423 e. The van der Waals surface area contributed by atoms with Gasteiger partial charge in [0, 0.05) is 0 Å². The standard InChI is InChI=1S/C12H15NO/c1-12(2,3)11-6-4-10(5-7-11)8-14-9-13/h4-7H,8H2,1-3H3. The highest BCUT2D eigenvalue weighted by molar-refractivity contribution is 5.27. The van der Waals surface area contributed by atoms with Crippen LogP contribution in [0.15, 0.2) is 24.3 Å². The van der Waals surface area contributed by atoms with E-state index in [1.165, 1.54) is 5.56 Å². The maximum absolute atomic E-state index is 8.24. The summed E-state index contributed by atoms with van der Waals surface area (Å²) in [5, 5.41) is 8.24. The smallest absolute Gasteiger partial charge is 0.286 e. The lowest BCUT2D eigenvalue weighted by Crippen LogP contribution is -2.10. The third-order valence-electron chi connectivity index (χ3n) is 2.12. The molecule has 0 bridgehead atoms. The first-order valence-corrected chi connectivity index (χ1v) is 4.64. The molecule has 0 unspecified atom stereocenters. The second-order valence-electron chi connectivity index (χ2n) is 4.33. The third kappa shape index (κ3) is 2.77. The monoisotopic (exact) mass is 189 g/mol. The zero-order chi connectivity index (χ0) is 10.6. The van der Waals surface area contributed by atoms with Crippen molar-refractivity contribution < 1.29 is 4.74 Å². The molecular formula is C12H15NO. The lowest BCUT2D eigenvalue weighted by Gasteiger charge is -2.18. The maximum Gasteiger partial charge on any atom is 0.286 e. The van der Waals surface area contributed by atoms with E-state index in [1.807, 2.05) is 12.1 Å². The number of hydrogen-bond acceptors (Lipinski definition) is 2. The summed E-state index contributed by atoms with van der Waals surface area (Å²) in [4.78, 5) is 0. The van der Waals surface area contributed by atoms with Gasteiger partial charge in [0.15, 0.2) is 0 Å². The number of nitrogens with zero attached hydrogens (tertiary/aromatic N) is 1. The van der Waals surface area contributed by atoms with Gasteiger partial charge in [-0.1, -0.05) is 45.0 Å². The van der Waals surface area contributed by atoms with Crippen molar-refractivity contribution in [2.75, 3.05) is 0 Å². The summed E-state index contributed by atoms with van der Waals surface area (Å²) in [5.41, 5.74) is 2.49. The van der Waals surface area contributed by atoms with E-state index < -0.39 is 0 Å². The molecule has 0 aliphatic rings.